The van der Waals surface area contributed by atoms with E-state index in [9.17, 15) is 18.8 Å². The first-order valence-corrected chi connectivity index (χ1v) is 11.2. The van der Waals surface area contributed by atoms with Gasteiger partial charge >= 0.3 is 6.09 Å². The predicted octanol–water partition coefficient (Wildman–Crippen LogP) is 6.38. The van der Waals surface area contributed by atoms with Gasteiger partial charge in [-0.3, -0.25) is 5.32 Å². The van der Waals surface area contributed by atoms with Crippen molar-refractivity contribution in [3.8, 4) is 23.1 Å². The van der Waals surface area contributed by atoms with Crippen molar-refractivity contribution in [3.63, 3.8) is 0 Å². The van der Waals surface area contributed by atoms with E-state index in [1.54, 1.807) is 31.4 Å². The number of nitrogens with zero attached hydrogens (tertiary/aromatic N) is 2. The Kier molecular flexibility index (Phi) is 7.97. The third-order valence-corrected chi connectivity index (χ3v) is 5.56. The molecule has 0 radical (unpaired) electrons. The fourth-order valence-corrected chi connectivity index (χ4v) is 3.68. The van der Waals surface area contributed by atoms with Gasteiger partial charge in [0.05, 0.1) is 23.4 Å². The molecule has 0 fully saturated rings. The number of carbonyl (C=O) groups excluding carboxylic acids is 1. The predicted molar refractivity (Wildman–Crippen MR) is 130 cm³/mol. The van der Waals surface area contributed by atoms with E-state index in [4.69, 9.17) is 14.2 Å². The largest absolute Gasteiger partial charge is 0.491 e. The summed E-state index contributed by atoms with van der Waals surface area (Å²) in [5.41, 5.74) is 3.27. The molecular formula is C26H29F2N3O4. The second-order valence-electron chi connectivity index (χ2n) is 8.53. The smallest absolute Gasteiger partial charge is 0.412 e. The molecule has 1 unspecified atom stereocenters. The maximum Gasteiger partial charge on any atom is 0.412 e. The van der Waals surface area contributed by atoms with Crippen LogP contribution in [0.25, 0.3) is 22.2 Å². The van der Waals surface area contributed by atoms with Gasteiger partial charge in [-0.15, -0.1) is 0 Å². The number of methoxy groups -OCH3 is 1. The molecule has 0 aliphatic rings. The number of carbonyl (C=O) groups is 1. The van der Waals surface area contributed by atoms with E-state index in [-0.39, 0.29) is 6.04 Å². The highest BCUT2D eigenvalue weighted by molar-refractivity contribution is 5.95. The molecule has 0 saturated carbocycles. The lowest BCUT2D eigenvalue weighted by Crippen LogP contribution is -2.33. The second kappa shape index (κ2) is 10.7. The summed E-state index contributed by atoms with van der Waals surface area (Å²) < 4.78 is 44.2. The second-order valence-corrected chi connectivity index (χ2v) is 8.53. The van der Waals surface area contributed by atoms with Gasteiger partial charge < -0.3 is 18.8 Å². The quantitative estimate of drug-likeness (QED) is 0.356. The summed E-state index contributed by atoms with van der Waals surface area (Å²) in [5.74, 6) is -2.47. The number of fused-ring (bicyclic) bond motifs is 1. The topological polar surface area (TPSA) is 85.5 Å². The van der Waals surface area contributed by atoms with Crippen molar-refractivity contribution in [1.82, 2.24) is 4.57 Å². The molecule has 186 valence electrons. The van der Waals surface area contributed by atoms with Gasteiger partial charge in [0, 0.05) is 37.2 Å². The Morgan fingerprint density at radius 3 is 2.40 bits per heavy atom. The number of nitriles is 1. The molecule has 7 nitrogen and oxygen atoms in total. The van der Waals surface area contributed by atoms with Crippen LogP contribution in [-0.2, 0) is 9.47 Å². The molecule has 1 atom stereocenters. The molecular weight excluding hydrogens is 456 g/mol. The number of alkyl halides is 2. The molecule has 0 aliphatic carbocycles. The molecule has 2 aromatic carbocycles. The van der Waals surface area contributed by atoms with Crippen LogP contribution in [0.4, 0.5) is 19.3 Å². The van der Waals surface area contributed by atoms with E-state index in [1.165, 1.54) is 0 Å². The number of aromatic nitrogens is 1. The monoisotopic (exact) mass is 485 g/mol. The Balaban J connectivity index is 1.94. The highest BCUT2D eigenvalue weighted by Gasteiger charge is 2.33. The minimum atomic E-state index is -3.15. The van der Waals surface area contributed by atoms with Crippen LogP contribution in [0.5, 0.6) is 5.75 Å². The summed E-state index contributed by atoms with van der Waals surface area (Å²) in [5, 5.41) is 13.2. The normalized spacial score (nSPS) is 12.4. The van der Waals surface area contributed by atoms with Gasteiger partial charge in [-0.2, -0.15) is 5.26 Å². The van der Waals surface area contributed by atoms with Crippen molar-refractivity contribution in [3.05, 3.63) is 48.0 Å². The first-order chi connectivity index (χ1) is 16.6. The average Bonchev–Trinajstić information content (AvgIpc) is 3.13. The third kappa shape index (κ3) is 5.89. The van der Waals surface area contributed by atoms with Gasteiger partial charge in [-0.05, 0) is 50.6 Å². The summed E-state index contributed by atoms with van der Waals surface area (Å²) in [6.45, 7) is 6.75. The van der Waals surface area contributed by atoms with Crippen molar-refractivity contribution in [2.24, 2.45) is 0 Å². The van der Waals surface area contributed by atoms with E-state index in [2.05, 4.69) is 16.0 Å². The van der Waals surface area contributed by atoms with E-state index >= 15 is 0 Å². The van der Waals surface area contributed by atoms with Crippen LogP contribution in [0.3, 0.4) is 0 Å². The van der Waals surface area contributed by atoms with Crippen molar-refractivity contribution in [1.29, 1.82) is 5.26 Å². The molecule has 3 aromatic rings. The lowest BCUT2D eigenvalue weighted by Gasteiger charge is -2.20. The first kappa shape index (κ1) is 26.0. The van der Waals surface area contributed by atoms with Crippen molar-refractivity contribution in [2.75, 3.05) is 25.6 Å². The van der Waals surface area contributed by atoms with Crippen LogP contribution < -0.4 is 10.1 Å². The first-order valence-electron chi connectivity index (χ1n) is 11.2. The summed E-state index contributed by atoms with van der Waals surface area (Å²) in [6.07, 6.45) is -2.54. The number of benzene rings is 2. The zero-order chi connectivity index (χ0) is 25.8. The van der Waals surface area contributed by atoms with Gasteiger partial charge in [-0.25, -0.2) is 13.6 Å². The average molecular weight is 486 g/mol. The van der Waals surface area contributed by atoms with Crippen molar-refractivity contribution in [2.45, 2.75) is 45.8 Å². The Morgan fingerprint density at radius 1 is 1.14 bits per heavy atom. The van der Waals surface area contributed by atoms with Crippen LogP contribution >= 0.6 is 0 Å². The molecule has 0 aliphatic heterocycles. The van der Waals surface area contributed by atoms with Gasteiger partial charge in [0.15, 0.2) is 6.10 Å². The zero-order valence-electron chi connectivity index (χ0n) is 20.4. The van der Waals surface area contributed by atoms with Gasteiger partial charge in [0.2, 0.25) is 0 Å². The number of halogens is 2. The van der Waals surface area contributed by atoms with Crippen molar-refractivity contribution >= 4 is 22.7 Å². The lowest BCUT2D eigenvalue weighted by atomic mass is 10.1. The van der Waals surface area contributed by atoms with Crippen molar-refractivity contribution < 1.29 is 27.8 Å². The van der Waals surface area contributed by atoms with Gasteiger partial charge in [0.1, 0.15) is 18.4 Å². The number of nitrogens with one attached hydrogen (secondary N) is 1. The van der Waals surface area contributed by atoms with Crippen LogP contribution in [0, 0.1) is 11.3 Å². The summed E-state index contributed by atoms with van der Waals surface area (Å²) >= 11 is 0. The van der Waals surface area contributed by atoms with Crippen LogP contribution in [0.15, 0.2) is 42.5 Å². The summed E-state index contributed by atoms with van der Waals surface area (Å²) in [6, 6.07) is 14.8. The summed E-state index contributed by atoms with van der Waals surface area (Å²) in [4.78, 5) is 12.0. The Hall–Kier alpha value is -3.64. The minimum Gasteiger partial charge on any atom is -0.491 e. The fourth-order valence-electron chi connectivity index (χ4n) is 3.68. The number of ether oxygens (including phenoxy) is 3. The number of amides is 1. The molecule has 1 amide bonds. The number of hydrogen-bond donors (Lipinski definition) is 1. The third-order valence-electron chi connectivity index (χ3n) is 5.56. The maximum atomic E-state index is 13.3. The number of hydrogen-bond acceptors (Lipinski definition) is 5. The van der Waals surface area contributed by atoms with Crippen LogP contribution in [-0.4, -0.2) is 43.0 Å². The van der Waals surface area contributed by atoms with Crippen LogP contribution in [0.1, 0.15) is 39.3 Å². The molecule has 9 heteroatoms. The molecule has 1 N–H and O–H groups in total. The number of anilines is 1. The van der Waals surface area contributed by atoms with Gasteiger partial charge in [-0.1, -0.05) is 12.1 Å². The SMILES string of the molecule is COCCOc1ccc2c(C#N)c(-c3ccc(NC(=O)OC(C)C(C)(F)F)cc3)n(C(C)C)c2c1. The molecule has 1 heterocycles. The fraction of sp³-hybridized carbons (Fsp3) is 0.385. The molecule has 1 aromatic heterocycles. The van der Waals surface area contributed by atoms with E-state index in [0.29, 0.717) is 37.1 Å². The van der Waals surface area contributed by atoms with E-state index in [1.807, 2.05) is 32.0 Å². The molecule has 0 bridgehead atoms. The minimum absolute atomic E-state index is 0.0359. The van der Waals surface area contributed by atoms with Crippen LogP contribution in [0.2, 0.25) is 0 Å². The summed E-state index contributed by atoms with van der Waals surface area (Å²) in [7, 11) is 1.61. The maximum absolute atomic E-state index is 13.3. The molecule has 0 saturated heterocycles. The highest BCUT2D eigenvalue weighted by atomic mass is 19.3. The van der Waals surface area contributed by atoms with E-state index in [0.717, 1.165) is 29.1 Å². The molecule has 0 spiro atoms. The van der Waals surface area contributed by atoms with Gasteiger partial charge in [0.25, 0.3) is 5.92 Å². The standard InChI is InChI=1S/C26H29F2N3O4/c1-16(2)31-23-14-20(34-13-12-33-5)10-11-21(23)22(15-29)24(31)18-6-8-19(9-7-18)30-25(32)35-17(3)26(4,27)28/h6-11,14,16-17H,12-13H2,1-5H3,(H,30,32). The lowest BCUT2D eigenvalue weighted by molar-refractivity contribution is -0.0856. The highest BCUT2D eigenvalue weighted by Crippen LogP contribution is 2.38. The Morgan fingerprint density at radius 2 is 1.83 bits per heavy atom. The molecule has 35 heavy (non-hydrogen) atoms. The molecule has 3 rings (SSSR count). The Labute approximate surface area is 203 Å². The zero-order valence-corrected chi connectivity index (χ0v) is 20.4. The number of rotatable bonds is 9. The Bertz CT molecular complexity index is 1220. The van der Waals surface area contributed by atoms with E-state index < -0.39 is 18.1 Å².